The highest BCUT2D eigenvalue weighted by Crippen LogP contribution is 2.22. The van der Waals surface area contributed by atoms with Crippen molar-refractivity contribution in [1.29, 1.82) is 0 Å². The Morgan fingerprint density at radius 1 is 0.758 bits per heavy atom. The average molecular weight is 458 g/mol. The number of carboxylic acids is 2. The summed E-state index contributed by atoms with van der Waals surface area (Å²) in [5.41, 5.74) is 1.88. The van der Waals surface area contributed by atoms with Gasteiger partial charge in [0.25, 0.3) is 5.91 Å². The van der Waals surface area contributed by atoms with Gasteiger partial charge < -0.3 is 20.0 Å². The fraction of sp³-hybridized carbons (Fsp3) is 0.375. The maximum Gasteiger partial charge on any atom is 0.414 e. The molecule has 0 bridgehead atoms. The Labute approximate surface area is 191 Å². The van der Waals surface area contributed by atoms with Gasteiger partial charge in [0.2, 0.25) is 0 Å². The molecule has 0 radical (unpaired) electrons. The second-order valence-electron chi connectivity index (χ2n) is 8.00. The van der Waals surface area contributed by atoms with E-state index < -0.39 is 11.9 Å². The van der Waals surface area contributed by atoms with E-state index in [1.54, 1.807) is 12.1 Å². The van der Waals surface area contributed by atoms with Crippen molar-refractivity contribution in [2.75, 3.05) is 44.2 Å². The Hall–Kier alpha value is -3.46. The van der Waals surface area contributed by atoms with E-state index in [0.29, 0.717) is 11.6 Å². The van der Waals surface area contributed by atoms with Crippen molar-refractivity contribution in [2.24, 2.45) is 0 Å². The maximum absolute atomic E-state index is 13.1. The molecule has 2 N–H and O–H groups in total. The minimum absolute atomic E-state index is 0.0161. The number of piperidine rings is 1. The number of anilines is 1. The van der Waals surface area contributed by atoms with E-state index in [4.69, 9.17) is 19.8 Å². The number of carbonyl (C=O) groups excluding carboxylic acids is 1. The van der Waals surface area contributed by atoms with Gasteiger partial charge in [0.05, 0.1) is 0 Å². The number of likely N-dealkylation sites (tertiary alicyclic amines) is 1. The van der Waals surface area contributed by atoms with Crippen LogP contribution in [0.1, 0.15) is 23.2 Å². The van der Waals surface area contributed by atoms with Gasteiger partial charge in [-0.2, -0.15) is 0 Å². The zero-order valence-corrected chi connectivity index (χ0v) is 18.3. The molecule has 2 fully saturated rings. The fourth-order valence-electron chi connectivity index (χ4n) is 4.19. The lowest BCUT2D eigenvalue weighted by Gasteiger charge is -2.43. The summed E-state index contributed by atoms with van der Waals surface area (Å²) in [5.74, 6) is -3.94. The third kappa shape index (κ3) is 6.76. The minimum atomic E-state index is -1.82. The SMILES string of the molecule is O=C(O)C(=O)O.O=C(c1ccc(F)cc1)N1CCC(N2CCN(c3ccccc3)CC2)CC1. The summed E-state index contributed by atoms with van der Waals surface area (Å²) in [5, 5.41) is 14.8. The standard InChI is InChI=1S/C22H26FN3O.C2H2O4/c23-19-8-6-18(7-9-19)22(27)26-12-10-21(11-13-26)25-16-14-24(15-17-25)20-4-2-1-3-5-20;3-1(4)2(5)6/h1-9,21H,10-17H2;(H,3,4)(H,5,6). The number of carboxylic acid groups (broad SMARTS) is 2. The zero-order chi connectivity index (χ0) is 23.8. The molecule has 0 aromatic heterocycles. The lowest BCUT2D eigenvalue weighted by molar-refractivity contribution is -0.159. The largest absolute Gasteiger partial charge is 0.473 e. The van der Waals surface area contributed by atoms with E-state index >= 15 is 0 Å². The van der Waals surface area contributed by atoms with Crippen LogP contribution in [0.4, 0.5) is 10.1 Å². The molecule has 2 heterocycles. The first-order valence-electron chi connectivity index (χ1n) is 10.9. The molecule has 2 aliphatic heterocycles. The molecule has 0 aliphatic carbocycles. The minimum Gasteiger partial charge on any atom is -0.473 e. The Kier molecular flexibility index (Phi) is 8.37. The quantitative estimate of drug-likeness (QED) is 0.683. The van der Waals surface area contributed by atoms with E-state index in [0.717, 1.165) is 52.1 Å². The summed E-state index contributed by atoms with van der Waals surface area (Å²) in [6, 6.07) is 17.0. The molecule has 0 atom stereocenters. The van der Waals surface area contributed by atoms with Gasteiger partial charge in [0.1, 0.15) is 5.82 Å². The number of amides is 1. The molecule has 8 nitrogen and oxygen atoms in total. The number of aliphatic carboxylic acids is 2. The van der Waals surface area contributed by atoms with Crippen molar-refractivity contribution in [3.8, 4) is 0 Å². The molecule has 176 valence electrons. The molecule has 4 rings (SSSR count). The molecule has 33 heavy (non-hydrogen) atoms. The molecular formula is C24H28FN3O5. The summed E-state index contributed by atoms with van der Waals surface area (Å²) in [7, 11) is 0. The van der Waals surface area contributed by atoms with Gasteiger partial charge in [-0.1, -0.05) is 18.2 Å². The highest BCUT2D eigenvalue weighted by molar-refractivity contribution is 6.27. The molecule has 0 spiro atoms. The van der Waals surface area contributed by atoms with Crippen LogP contribution in [0.5, 0.6) is 0 Å². The number of carbonyl (C=O) groups is 3. The van der Waals surface area contributed by atoms with Crippen LogP contribution in [0.3, 0.4) is 0 Å². The molecular weight excluding hydrogens is 429 g/mol. The molecule has 2 aromatic rings. The first kappa shape index (κ1) is 24.2. The van der Waals surface area contributed by atoms with Crippen molar-refractivity contribution in [3.05, 3.63) is 66.0 Å². The van der Waals surface area contributed by atoms with Crippen molar-refractivity contribution < 1.29 is 29.0 Å². The van der Waals surface area contributed by atoms with Crippen LogP contribution in [0.2, 0.25) is 0 Å². The van der Waals surface area contributed by atoms with Gasteiger partial charge in [0.15, 0.2) is 0 Å². The van der Waals surface area contributed by atoms with Crippen LogP contribution < -0.4 is 4.90 Å². The molecule has 1 amide bonds. The summed E-state index contributed by atoms with van der Waals surface area (Å²) in [6.45, 7) is 5.81. The lowest BCUT2D eigenvalue weighted by Crippen LogP contribution is -2.53. The van der Waals surface area contributed by atoms with Gasteiger partial charge in [-0.05, 0) is 49.2 Å². The Balaban J connectivity index is 0.000000454. The number of para-hydroxylation sites is 1. The number of halogens is 1. The van der Waals surface area contributed by atoms with Gasteiger partial charge in [-0.25, -0.2) is 14.0 Å². The molecule has 2 saturated heterocycles. The van der Waals surface area contributed by atoms with E-state index in [2.05, 4.69) is 40.1 Å². The van der Waals surface area contributed by atoms with E-state index in [1.807, 2.05) is 4.90 Å². The van der Waals surface area contributed by atoms with Crippen molar-refractivity contribution in [3.63, 3.8) is 0 Å². The predicted molar refractivity (Wildman–Crippen MR) is 121 cm³/mol. The van der Waals surface area contributed by atoms with E-state index in [1.165, 1.54) is 17.8 Å². The third-order valence-corrected chi connectivity index (χ3v) is 5.98. The van der Waals surface area contributed by atoms with Crippen LogP contribution in [0, 0.1) is 5.82 Å². The summed E-state index contributed by atoms with van der Waals surface area (Å²) in [6.07, 6.45) is 2.02. The Morgan fingerprint density at radius 2 is 1.30 bits per heavy atom. The normalized spacial score (nSPS) is 17.1. The lowest BCUT2D eigenvalue weighted by atomic mass is 10.0. The van der Waals surface area contributed by atoms with Crippen molar-refractivity contribution in [2.45, 2.75) is 18.9 Å². The summed E-state index contributed by atoms with van der Waals surface area (Å²) >= 11 is 0. The van der Waals surface area contributed by atoms with E-state index in [9.17, 15) is 9.18 Å². The summed E-state index contributed by atoms with van der Waals surface area (Å²) in [4.78, 5) is 37.7. The Morgan fingerprint density at radius 3 is 1.82 bits per heavy atom. The Bertz CT molecular complexity index is 926. The zero-order valence-electron chi connectivity index (χ0n) is 18.3. The molecule has 2 aromatic carbocycles. The second-order valence-corrected chi connectivity index (χ2v) is 8.00. The fourth-order valence-corrected chi connectivity index (χ4v) is 4.19. The number of benzene rings is 2. The monoisotopic (exact) mass is 457 g/mol. The predicted octanol–water partition coefficient (Wildman–Crippen LogP) is 2.41. The highest BCUT2D eigenvalue weighted by Gasteiger charge is 2.29. The van der Waals surface area contributed by atoms with Crippen LogP contribution in [0.15, 0.2) is 54.6 Å². The number of hydrogen-bond acceptors (Lipinski definition) is 5. The summed E-state index contributed by atoms with van der Waals surface area (Å²) < 4.78 is 13.1. The number of piperazine rings is 1. The van der Waals surface area contributed by atoms with Crippen LogP contribution >= 0.6 is 0 Å². The molecule has 9 heteroatoms. The second kappa shape index (κ2) is 11.4. The smallest absolute Gasteiger partial charge is 0.414 e. The first-order valence-corrected chi connectivity index (χ1v) is 10.9. The van der Waals surface area contributed by atoms with Gasteiger partial charge in [-0.3, -0.25) is 9.69 Å². The van der Waals surface area contributed by atoms with E-state index in [-0.39, 0.29) is 11.7 Å². The maximum atomic E-state index is 13.1. The van der Waals surface area contributed by atoms with Crippen LogP contribution in [-0.2, 0) is 9.59 Å². The topological polar surface area (TPSA) is 101 Å². The number of hydrogen-bond donors (Lipinski definition) is 2. The van der Waals surface area contributed by atoms with Gasteiger partial charge in [-0.15, -0.1) is 0 Å². The first-order chi connectivity index (χ1) is 15.8. The van der Waals surface area contributed by atoms with Crippen molar-refractivity contribution >= 4 is 23.5 Å². The molecule has 2 aliphatic rings. The third-order valence-electron chi connectivity index (χ3n) is 5.98. The van der Waals surface area contributed by atoms with Crippen LogP contribution in [-0.4, -0.2) is 83.2 Å². The number of rotatable bonds is 3. The number of nitrogens with zero attached hydrogens (tertiary/aromatic N) is 3. The van der Waals surface area contributed by atoms with Crippen molar-refractivity contribution in [1.82, 2.24) is 9.80 Å². The van der Waals surface area contributed by atoms with Gasteiger partial charge in [0, 0.05) is 56.6 Å². The highest BCUT2D eigenvalue weighted by atomic mass is 19.1. The average Bonchev–Trinajstić information content (AvgIpc) is 2.85. The van der Waals surface area contributed by atoms with Crippen LogP contribution in [0.25, 0.3) is 0 Å². The molecule has 0 saturated carbocycles. The molecule has 0 unspecified atom stereocenters. The van der Waals surface area contributed by atoms with Gasteiger partial charge >= 0.3 is 11.9 Å².